The lowest BCUT2D eigenvalue weighted by atomic mass is 9.72. The van der Waals surface area contributed by atoms with E-state index in [4.69, 9.17) is 0 Å². The predicted octanol–water partition coefficient (Wildman–Crippen LogP) is 9.33. The van der Waals surface area contributed by atoms with Crippen LogP contribution < -0.4 is 20.3 Å². The molecule has 4 aromatic rings. The number of halogens is 5. The maximum atomic E-state index is 14.5. The molecule has 3 fully saturated rings. The number of allylic oxidation sites excluding steroid dienone is 2. The second-order valence-corrected chi connectivity index (χ2v) is 28.7. The molecular weight excluding hydrogens is 1200 g/mol. The summed E-state index contributed by atoms with van der Waals surface area (Å²) in [6.45, 7) is 16.1. The molecule has 88 heavy (non-hydrogen) atoms. The lowest BCUT2D eigenvalue weighted by Crippen LogP contribution is -2.54. The molecule has 0 spiro atoms. The molecule has 1 unspecified atom stereocenters. The fraction of sp³-hybridized carbons (Fsp3) is 0.476. The average Bonchev–Trinajstić information content (AvgIpc) is 1.51. The maximum absolute atomic E-state index is 14.5. The Morgan fingerprint density at radius 2 is 1.45 bits per heavy atom. The molecule has 0 radical (unpaired) electrons. The fourth-order valence-electron chi connectivity index (χ4n) is 12.0. The zero-order valence-corrected chi connectivity index (χ0v) is 51.8. The Morgan fingerprint density at radius 3 is 2.12 bits per heavy atom. The van der Waals surface area contributed by atoms with Gasteiger partial charge in [0.2, 0.25) is 18.2 Å². The summed E-state index contributed by atoms with van der Waals surface area (Å²) in [5.41, 5.74) is -1.04. The van der Waals surface area contributed by atoms with Crippen LogP contribution in [0.25, 0.3) is 0 Å². The van der Waals surface area contributed by atoms with Gasteiger partial charge in [0.15, 0.2) is 0 Å². The first kappa shape index (κ1) is 65.9. The number of hydrogen-bond acceptors (Lipinski definition) is 15. The largest absolute Gasteiger partial charge is 0.501 e. The summed E-state index contributed by atoms with van der Waals surface area (Å²) in [5, 5.41) is 5.23. The summed E-state index contributed by atoms with van der Waals surface area (Å²) in [5.74, 6) is -3.00. The molecule has 4 aromatic carbocycles. The number of sulfonamides is 1. The van der Waals surface area contributed by atoms with E-state index in [2.05, 4.69) is 50.7 Å². The van der Waals surface area contributed by atoms with Crippen molar-refractivity contribution in [3.8, 4) is 0 Å². The summed E-state index contributed by atoms with van der Waals surface area (Å²) in [6, 6.07) is 21.3. The molecule has 25 heteroatoms. The van der Waals surface area contributed by atoms with E-state index in [0.717, 1.165) is 96.1 Å². The van der Waals surface area contributed by atoms with Crippen molar-refractivity contribution in [3.63, 3.8) is 0 Å². The topological polar surface area (TPSA) is 206 Å². The summed E-state index contributed by atoms with van der Waals surface area (Å²) >= 11 is 1.42. The first-order chi connectivity index (χ1) is 41.7. The number of anilines is 2. The standard InChI is InChI=1S/C63H75F5N8O9S3/c1-42(12-22-56(64)65)52-39-62(2,3)26-24-45(52)40-74-33-35-75(36-34-74)47-16-14-44(15-17-47)58(78)71-88(84,85)49-18-20-53(55(38-49)87(82,83)63(66,67)68)69-46(41-86-48-10-5-4-6-11-48)25-28-73-31-29-72(30-32-73)27-8-7-9-43-13-19-50-51(37-43)61(81)76(60(50)80)54-21-23-57(77)70-59(54)79/h4-6,10-11,13-20,37-38,46,54,56,69H,1,7-9,12,21-36,39-41H2,2-3H3,(H,71,78)(H,70,77,79)/t46-,54?/m1/s1. The number of alkyl halides is 5. The molecule has 474 valence electrons. The Kier molecular flexibility index (Phi) is 21.1. The number of hydrogen-bond donors (Lipinski definition) is 3. The number of piperazine rings is 2. The number of amides is 5. The van der Waals surface area contributed by atoms with E-state index in [1.54, 1.807) is 30.3 Å². The molecule has 9 rings (SSSR count). The third kappa shape index (κ3) is 16.3. The lowest BCUT2D eigenvalue weighted by Gasteiger charge is -2.39. The number of sulfone groups is 1. The monoisotopic (exact) mass is 1280 g/mol. The Morgan fingerprint density at radius 1 is 0.784 bits per heavy atom. The van der Waals surface area contributed by atoms with Crippen molar-refractivity contribution >= 4 is 72.5 Å². The summed E-state index contributed by atoms with van der Waals surface area (Å²) in [7, 11) is -11.1. The van der Waals surface area contributed by atoms with Gasteiger partial charge in [0.1, 0.15) is 10.9 Å². The van der Waals surface area contributed by atoms with Gasteiger partial charge in [0.25, 0.3) is 37.6 Å². The highest BCUT2D eigenvalue weighted by molar-refractivity contribution is 7.99. The molecule has 5 aliphatic rings. The van der Waals surface area contributed by atoms with Gasteiger partial charge in [-0.3, -0.25) is 39.1 Å². The van der Waals surface area contributed by atoms with Crippen LogP contribution in [-0.4, -0.2) is 168 Å². The fourth-order valence-corrected chi connectivity index (χ4v) is 15.0. The van der Waals surface area contributed by atoms with Gasteiger partial charge in [-0.2, -0.15) is 13.2 Å². The van der Waals surface area contributed by atoms with Gasteiger partial charge in [-0.1, -0.05) is 55.8 Å². The number of thioether (sulfide) groups is 1. The van der Waals surface area contributed by atoms with Crippen LogP contribution in [0.1, 0.15) is 115 Å². The number of benzene rings is 4. The number of carbonyl (C=O) groups is 5. The predicted molar refractivity (Wildman–Crippen MR) is 327 cm³/mol. The second kappa shape index (κ2) is 28.1. The molecule has 0 saturated carbocycles. The Bertz CT molecular complexity index is 3520. The van der Waals surface area contributed by atoms with Crippen LogP contribution in [0.2, 0.25) is 0 Å². The number of piperidine rings is 1. The van der Waals surface area contributed by atoms with Crippen molar-refractivity contribution in [1.29, 1.82) is 0 Å². The van der Waals surface area contributed by atoms with E-state index in [0.29, 0.717) is 77.0 Å². The molecule has 0 bridgehead atoms. The number of fused-ring (bicyclic) bond motifs is 1. The first-order valence-electron chi connectivity index (χ1n) is 29.8. The van der Waals surface area contributed by atoms with E-state index in [1.807, 2.05) is 35.1 Å². The highest BCUT2D eigenvalue weighted by Crippen LogP contribution is 2.43. The molecule has 2 atom stereocenters. The van der Waals surface area contributed by atoms with Gasteiger partial charge in [-0.05, 0) is 148 Å². The van der Waals surface area contributed by atoms with Gasteiger partial charge in [0, 0.05) is 106 Å². The first-order valence-corrected chi connectivity index (χ1v) is 33.7. The van der Waals surface area contributed by atoms with E-state index in [-0.39, 0.29) is 47.8 Å². The SMILES string of the molecule is C=C(CCC(F)F)C1=C(CN2CCN(c3ccc(C(=O)NS(=O)(=O)c4ccc(N[C@H](CCN5CCN(CCCCc6ccc7c(c6)C(=O)N(C6CCC(=O)NC6=O)C7=O)CC5)CSc5ccccc5)c(S(=O)(=O)C(F)(F)F)c4)cc3)CC2)CCC(C)(C)C1. The number of nitrogens with zero attached hydrogens (tertiary/aromatic N) is 5. The normalized spacial score (nSPS) is 19.5. The molecule has 3 saturated heterocycles. The Balaban J connectivity index is 0.786. The quantitative estimate of drug-likeness (QED) is 0.0245. The smallest absolute Gasteiger partial charge is 0.380 e. The average molecular weight is 1280 g/mol. The number of unbranched alkanes of at least 4 members (excludes halogenated alkanes) is 1. The van der Waals surface area contributed by atoms with Gasteiger partial charge in [-0.25, -0.2) is 30.3 Å². The highest BCUT2D eigenvalue weighted by Gasteiger charge is 2.49. The van der Waals surface area contributed by atoms with Gasteiger partial charge >= 0.3 is 5.51 Å². The van der Waals surface area contributed by atoms with E-state index in [1.165, 1.54) is 29.5 Å². The number of rotatable bonds is 25. The van der Waals surface area contributed by atoms with Crippen LogP contribution in [0.15, 0.2) is 129 Å². The number of aryl methyl sites for hydroxylation is 1. The van der Waals surface area contributed by atoms with Gasteiger partial charge in [-0.15, -0.1) is 11.8 Å². The van der Waals surface area contributed by atoms with Gasteiger partial charge in [0.05, 0.1) is 21.7 Å². The van der Waals surface area contributed by atoms with E-state index >= 15 is 0 Å². The van der Waals surface area contributed by atoms with Crippen LogP contribution in [0.4, 0.5) is 33.3 Å². The highest BCUT2D eigenvalue weighted by atomic mass is 32.2. The lowest BCUT2D eigenvalue weighted by molar-refractivity contribution is -0.136. The third-order valence-corrected chi connectivity index (χ3v) is 21.2. The molecule has 1 aliphatic carbocycles. The summed E-state index contributed by atoms with van der Waals surface area (Å²) in [6.07, 6.45) is 3.06. The van der Waals surface area contributed by atoms with Crippen molar-refractivity contribution < 1.29 is 62.8 Å². The maximum Gasteiger partial charge on any atom is 0.501 e. The zero-order chi connectivity index (χ0) is 63.1. The van der Waals surface area contributed by atoms with Crippen molar-refractivity contribution in [2.24, 2.45) is 5.41 Å². The molecule has 5 amide bonds. The molecular formula is C63H75F5N8O9S3. The Hall–Kier alpha value is -6.51. The molecule has 17 nitrogen and oxygen atoms in total. The zero-order valence-electron chi connectivity index (χ0n) is 49.4. The van der Waals surface area contributed by atoms with Crippen molar-refractivity contribution in [2.45, 2.75) is 123 Å². The number of imide groups is 2. The second-order valence-electron chi connectivity index (χ2n) is 24.0. The molecule has 4 aliphatic heterocycles. The summed E-state index contributed by atoms with van der Waals surface area (Å²) in [4.78, 5) is 72.7. The number of carbonyl (C=O) groups excluding carboxylic acids is 5. The van der Waals surface area contributed by atoms with Crippen LogP contribution in [0, 0.1) is 5.41 Å². The van der Waals surface area contributed by atoms with Crippen molar-refractivity contribution in [3.05, 3.63) is 137 Å². The van der Waals surface area contributed by atoms with Crippen LogP contribution in [-0.2, 0) is 35.9 Å². The van der Waals surface area contributed by atoms with Crippen LogP contribution >= 0.6 is 11.8 Å². The van der Waals surface area contributed by atoms with E-state index < -0.39 is 88.9 Å². The third-order valence-electron chi connectivity index (χ3n) is 17.1. The Labute approximate surface area is 515 Å². The molecule has 4 heterocycles. The molecule has 3 N–H and O–H groups in total. The minimum atomic E-state index is -6.15. The van der Waals surface area contributed by atoms with Crippen LogP contribution in [0.5, 0.6) is 0 Å². The molecule has 0 aromatic heterocycles. The van der Waals surface area contributed by atoms with Gasteiger partial charge < -0.3 is 20.0 Å². The minimum Gasteiger partial charge on any atom is -0.380 e. The minimum absolute atomic E-state index is 0.0325. The van der Waals surface area contributed by atoms with Crippen LogP contribution in [0.3, 0.4) is 0 Å². The summed E-state index contributed by atoms with van der Waals surface area (Å²) < 4.78 is 126. The van der Waals surface area contributed by atoms with E-state index in [9.17, 15) is 62.8 Å². The number of nitrogens with one attached hydrogen (secondary N) is 3. The van der Waals surface area contributed by atoms with Crippen molar-refractivity contribution in [2.75, 3.05) is 88.0 Å². The van der Waals surface area contributed by atoms with Crippen molar-refractivity contribution in [1.82, 2.24) is 29.6 Å².